The average Bonchev–Trinajstić information content (AvgIpc) is 3.04. The van der Waals surface area contributed by atoms with Gasteiger partial charge in [-0.3, -0.25) is 30.3 Å². The number of rotatable bonds is 5. The van der Waals surface area contributed by atoms with Crippen LogP contribution in [0.4, 0.5) is 10.5 Å². The number of ether oxygens (including phenoxy) is 1. The molecule has 166 valence electrons. The minimum absolute atomic E-state index is 0.128. The number of pyridine rings is 1. The van der Waals surface area contributed by atoms with Crippen molar-refractivity contribution < 1.29 is 24.0 Å². The van der Waals surface area contributed by atoms with Crippen molar-refractivity contribution in [1.29, 1.82) is 0 Å². The second kappa shape index (κ2) is 8.38. The van der Waals surface area contributed by atoms with E-state index >= 15 is 0 Å². The molecule has 0 bridgehead atoms. The number of urea groups is 1. The van der Waals surface area contributed by atoms with Crippen LogP contribution in [0.1, 0.15) is 17.0 Å². The number of carbonyl (C=O) groups is 3. The average molecular weight is 447 g/mol. The first-order chi connectivity index (χ1) is 15.7. The molecule has 1 fully saturated rings. The van der Waals surface area contributed by atoms with E-state index in [1.165, 1.54) is 18.2 Å². The van der Waals surface area contributed by atoms with Gasteiger partial charge in [0.25, 0.3) is 17.5 Å². The second-order valence-electron chi connectivity index (χ2n) is 7.16. The number of imide groups is 2. The minimum Gasteiger partial charge on any atom is -0.439 e. The first-order valence-electron chi connectivity index (χ1n) is 9.69. The quantitative estimate of drug-likeness (QED) is 0.265. The predicted molar refractivity (Wildman–Crippen MR) is 116 cm³/mol. The van der Waals surface area contributed by atoms with Gasteiger partial charge < -0.3 is 9.30 Å². The van der Waals surface area contributed by atoms with Crippen LogP contribution < -0.4 is 15.4 Å². The molecule has 2 aromatic heterocycles. The second-order valence-corrected chi connectivity index (χ2v) is 7.16. The zero-order chi connectivity index (χ0) is 23.7. The van der Waals surface area contributed by atoms with Crippen LogP contribution in [0.25, 0.3) is 11.8 Å². The van der Waals surface area contributed by atoms with Gasteiger partial charge in [0.15, 0.2) is 0 Å². The highest BCUT2D eigenvalue weighted by molar-refractivity contribution is 6.31. The Morgan fingerprint density at radius 1 is 1.03 bits per heavy atom. The number of nitrogens with one attached hydrogen (secondary N) is 2. The van der Waals surface area contributed by atoms with Gasteiger partial charge in [-0.25, -0.2) is 9.78 Å². The first-order valence-corrected chi connectivity index (χ1v) is 9.69. The molecule has 4 amide bonds. The maximum Gasteiger partial charge on any atom is 0.328 e. The summed E-state index contributed by atoms with van der Waals surface area (Å²) >= 11 is 0. The van der Waals surface area contributed by atoms with Gasteiger partial charge in [0.05, 0.1) is 4.92 Å². The summed E-state index contributed by atoms with van der Waals surface area (Å²) in [5.74, 6) is -0.798. The van der Waals surface area contributed by atoms with Gasteiger partial charge >= 0.3 is 6.03 Å². The lowest BCUT2D eigenvalue weighted by Crippen LogP contribution is -2.51. The van der Waals surface area contributed by atoms with Crippen LogP contribution in [0, 0.1) is 24.0 Å². The summed E-state index contributed by atoms with van der Waals surface area (Å²) in [7, 11) is 0. The van der Waals surface area contributed by atoms with Gasteiger partial charge in [0.1, 0.15) is 17.5 Å². The summed E-state index contributed by atoms with van der Waals surface area (Å²) < 4.78 is 7.57. The van der Waals surface area contributed by atoms with Crippen molar-refractivity contribution in [2.24, 2.45) is 0 Å². The van der Waals surface area contributed by atoms with Gasteiger partial charge in [-0.15, -0.1) is 0 Å². The third-order valence-electron chi connectivity index (χ3n) is 4.96. The van der Waals surface area contributed by atoms with Gasteiger partial charge in [-0.1, -0.05) is 0 Å². The lowest BCUT2D eigenvalue weighted by molar-refractivity contribution is -0.385. The van der Waals surface area contributed by atoms with Crippen molar-refractivity contribution in [3.63, 3.8) is 0 Å². The summed E-state index contributed by atoms with van der Waals surface area (Å²) in [6.45, 7) is 3.72. The smallest absolute Gasteiger partial charge is 0.328 e. The fraction of sp³-hybridized carbons (Fsp3) is 0.0909. The molecular formula is C22H17N5O6. The molecule has 4 rings (SSSR count). The molecule has 0 spiro atoms. The predicted octanol–water partition coefficient (Wildman–Crippen LogP) is 2.94. The number of nitro groups is 1. The summed E-state index contributed by atoms with van der Waals surface area (Å²) in [4.78, 5) is 49.4. The molecule has 0 saturated carbocycles. The highest BCUT2D eigenvalue weighted by Crippen LogP contribution is 2.26. The zero-order valence-electron chi connectivity index (χ0n) is 17.5. The monoisotopic (exact) mass is 447 g/mol. The Balaban J connectivity index is 1.57. The molecule has 0 radical (unpaired) electrons. The number of amides is 4. The zero-order valence-corrected chi connectivity index (χ0v) is 17.5. The first kappa shape index (κ1) is 21.4. The number of benzene rings is 1. The standard InChI is InChI=1S/C22H17N5O6/c1-12-9-14(10-18-20(28)24-22(30)25-21(18)29)13(2)26(12)15-3-6-17(7-4-15)33-19-8-5-16(11-23-19)27(31)32/h3-11H,1-2H3,(H2,24,25,28,29,30). The van der Waals surface area contributed by atoms with Crippen LogP contribution in [0.15, 0.2) is 54.2 Å². The summed E-state index contributed by atoms with van der Waals surface area (Å²) in [5.41, 5.74) is 2.82. The Labute approximate surface area is 186 Å². The molecule has 0 aliphatic carbocycles. The highest BCUT2D eigenvalue weighted by atomic mass is 16.6. The molecule has 0 unspecified atom stereocenters. The van der Waals surface area contributed by atoms with E-state index in [1.54, 1.807) is 12.1 Å². The maximum absolute atomic E-state index is 12.0. The Morgan fingerprint density at radius 2 is 1.70 bits per heavy atom. The van der Waals surface area contributed by atoms with Crippen molar-refractivity contribution in [1.82, 2.24) is 20.2 Å². The lowest BCUT2D eigenvalue weighted by atomic mass is 10.1. The van der Waals surface area contributed by atoms with Crippen LogP contribution in [0.2, 0.25) is 0 Å². The normalized spacial score (nSPS) is 13.4. The Morgan fingerprint density at radius 3 is 2.27 bits per heavy atom. The Kier molecular flexibility index (Phi) is 5.44. The van der Waals surface area contributed by atoms with E-state index in [2.05, 4.69) is 15.6 Å². The van der Waals surface area contributed by atoms with Crippen LogP contribution in [0.3, 0.4) is 0 Å². The van der Waals surface area contributed by atoms with E-state index in [-0.39, 0.29) is 17.1 Å². The van der Waals surface area contributed by atoms with Crippen molar-refractivity contribution in [3.8, 4) is 17.3 Å². The maximum atomic E-state index is 12.0. The van der Waals surface area contributed by atoms with Gasteiger partial charge in [-0.2, -0.15) is 0 Å². The lowest BCUT2D eigenvalue weighted by Gasteiger charge is -2.14. The van der Waals surface area contributed by atoms with E-state index in [1.807, 2.05) is 36.6 Å². The van der Waals surface area contributed by atoms with E-state index in [9.17, 15) is 24.5 Å². The molecule has 11 heteroatoms. The summed E-state index contributed by atoms with van der Waals surface area (Å²) in [5, 5.41) is 14.8. The van der Waals surface area contributed by atoms with E-state index in [4.69, 9.17) is 4.74 Å². The fourth-order valence-corrected chi connectivity index (χ4v) is 3.42. The van der Waals surface area contributed by atoms with Crippen molar-refractivity contribution in [2.75, 3.05) is 0 Å². The molecule has 1 aliphatic heterocycles. The molecule has 11 nitrogen and oxygen atoms in total. The SMILES string of the molecule is Cc1cc(C=C2C(=O)NC(=O)NC2=O)c(C)n1-c1ccc(Oc2ccc([N+](=O)[O-])cn2)cc1. The van der Waals surface area contributed by atoms with E-state index < -0.39 is 22.8 Å². The van der Waals surface area contributed by atoms with E-state index in [0.29, 0.717) is 11.3 Å². The van der Waals surface area contributed by atoms with E-state index in [0.717, 1.165) is 23.3 Å². The molecule has 3 heterocycles. The minimum atomic E-state index is -0.848. The molecular weight excluding hydrogens is 430 g/mol. The van der Waals surface area contributed by atoms with Gasteiger partial charge in [0, 0.05) is 29.2 Å². The highest BCUT2D eigenvalue weighted by Gasteiger charge is 2.28. The van der Waals surface area contributed by atoms with Crippen LogP contribution in [-0.2, 0) is 9.59 Å². The number of barbiturate groups is 1. The molecule has 1 aromatic carbocycles. The Bertz CT molecular complexity index is 1300. The summed E-state index contributed by atoms with van der Waals surface area (Å²) in [6.07, 6.45) is 2.56. The molecule has 1 saturated heterocycles. The number of hydrogen-bond acceptors (Lipinski definition) is 7. The van der Waals surface area contributed by atoms with Crippen LogP contribution >= 0.6 is 0 Å². The number of aryl methyl sites for hydroxylation is 1. The van der Waals surface area contributed by atoms with Crippen LogP contribution in [0.5, 0.6) is 11.6 Å². The molecule has 2 N–H and O–H groups in total. The molecule has 0 atom stereocenters. The fourth-order valence-electron chi connectivity index (χ4n) is 3.42. The third-order valence-corrected chi connectivity index (χ3v) is 4.96. The largest absolute Gasteiger partial charge is 0.439 e. The van der Waals surface area contributed by atoms with Crippen molar-refractivity contribution in [3.05, 3.63) is 81.3 Å². The van der Waals surface area contributed by atoms with Gasteiger partial charge in [0.2, 0.25) is 5.88 Å². The topological polar surface area (TPSA) is 145 Å². The number of hydrogen-bond donors (Lipinski definition) is 2. The van der Waals surface area contributed by atoms with Gasteiger partial charge in [-0.05, 0) is 55.8 Å². The number of carbonyl (C=O) groups excluding carboxylic acids is 3. The molecule has 33 heavy (non-hydrogen) atoms. The Hall–Kier alpha value is -4.80. The molecule has 3 aromatic rings. The number of nitrogens with zero attached hydrogens (tertiary/aromatic N) is 3. The van der Waals surface area contributed by atoms with Crippen molar-refractivity contribution in [2.45, 2.75) is 13.8 Å². The third kappa shape index (κ3) is 4.32. The van der Waals surface area contributed by atoms with Crippen LogP contribution in [-0.4, -0.2) is 32.3 Å². The summed E-state index contributed by atoms with van der Waals surface area (Å²) in [6, 6.07) is 10.8. The molecule has 1 aliphatic rings. The number of aromatic nitrogens is 2. The van der Waals surface area contributed by atoms with Crippen molar-refractivity contribution >= 4 is 29.6 Å².